The van der Waals surface area contributed by atoms with E-state index in [9.17, 15) is 4.79 Å². The molecule has 3 rings (SSSR count). The summed E-state index contributed by atoms with van der Waals surface area (Å²) in [7, 11) is 1.59. The van der Waals surface area contributed by atoms with Gasteiger partial charge in [0.05, 0.1) is 30.2 Å². The van der Waals surface area contributed by atoms with Gasteiger partial charge < -0.3 is 9.47 Å². The van der Waals surface area contributed by atoms with Crippen LogP contribution in [0.2, 0.25) is 5.02 Å². The third-order valence-electron chi connectivity index (χ3n) is 3.70. The monoisotopic (exact) mass is 360 g/mol. The molecule has 0 aliphatic rings. The number of esters is 1. The van der Waals surface area contributed by atoms with E-state index in [0.29, 0.717) is 28.7 Å². The minimum atomic E-state index is -0.525. The van der Waals surface area contributed by atoms with Gasteiger partial charge in [-0.05, 0) is 31.5 Å². The van der Waals surface area contributed by atoms with Gasteiger partial charge in [0.1, 0.15) is 0 Å². The Labute approximate surface area is 149 Å². The summed E-state index contributed by atoms with van der Waals surface area (Å²) in [6, 6.07) is 7.39. The highest BCUT2D eigenvalue weighted by atomic mass is 35.5. The van der Waals surface area contributed by atoms with Crippen molar-refractivity contribution in [2.45, 2.75) is 20.5 Å². The molecule has 0 unspecified atom stereocenters. The zero-order valence-electron chi connectivity index (χ0n) is 14.1. The summed E-state index contributed by atoms with van der Waals surface area (Å²) in [4.78, 5) is 12.0. The lowest BCUT2D eigenvalue weighted by atomic mass is 10.1. The lowest BCUT2D eigenvalue weighted by Crippen LogP contribution is -2.14. The molecule has 0 N–H and O–H groups in total. The highest BCUT2D eigenvalue weighted by Gasteiger charge is 2.22. The second kappa shape index (κ2) is 7.16. The molecule has 7 nitrogen and oxygen atoms in total. The third-order valence-corrected chi connectivity index (χ3v) is 3.94. The Hall–Kier alpha value is -2.51. The Morgan fingerprint density at radius 1 is 1.32 bits per heavy atom. The fourth-order valence-electron chi connectivity index (χ4n) is 2.61. The summed E-state index contributed by atoms with van der Waals surface area (Å²) >= 11 is 6.12. The molecule has 1 aromatic carbocycles. The number of hydrogen-bond donors (Lipinski definition) is 0. The predicted octanol–water partition coefficient (Wildman–Crippen LogP) is 3.08. The quantitative estimate of drug-likeness (QED) is 0.650. The first-order valence-corrected chi connectivity index (χ1v) is 8.11. The van der Waals surface area contributed by atoms with Crippen LogP contribution in [0.25, 0.3) is 16.8 Å². The second-order valence-electron chi connectivity index (χ2n) is 5.35. The van der Waals surface area contributed by atoms with E-state index in [0.717, 1.165) is 11.1 Å². The van der Waals surface area contributed by atoms with Crippen molar-refractivity contribution < 1.29 is 14.3 Å². The Morgan fingerprint density at radius 3 is 2.80 bits per heavy atom. The third kappa shape index (κ3) is 3.20. The van der Waals surface area contributed by atoms with Crippen LogP contribution in [0, 0.1) is 6.92 Å². The van der Waals surface area contributed by atoms with Gasteiger partial charge in [-0.25, -0.2) is 9.31 Å². The lowest BCUT2D eigenvalue weighted by molar-refractivity contribution is 0.0516. The van der Waals surface area contributed by atoms with Crippen molar-refractivity contribution in [2.24, 2.45) is 0 Å². The summed E-state index contributed by atoms with van der Waals surface area (Å²) in [5, 5.41) is 13.4. The number of methoxy groups -OCH3 is 1. The standard InChI is InChI=1S/C17H17ClN4O3/c1-4-25-17(23)15-10(2)22-16(20-19-15)14(13(21-22)9-24-3)11-6-5-7-12(18)8-11/h5-8H,4,9H2,1-3H3. The molecular weight excluding hydrogens is 344 g/mol. The van der Waals surface area contributed by atoms with Crippen LogP contribution in [-0.4, -0.2) is 39.5 Å². The van der Waals surface area contributed by atoms with E-state index in [1.807, 2.05) is 18.2 Å². The van der Waals surface area contributed by atoms with Gasteiger partial charge in [-0.3, -0.25) is 0 Å². The average molecular weight is 361 g/mol. The van der Waals surface area contributed by atoms with Crippen molar-refractivity contribution >= 4 is 23.2 Å². The van der Waals surface area contributed by atoms with Gasteiger partial charge >= 0.3 is 5.97 Å². The topological polar surface area (TPSA) is 78.6 Å². The molecule has 2 heterocycles. The maximum atomic E-state index is 12.0. The maximum absolute atomic E-state index is 12.0. The molecular formula is C17H17ClN4O3. The molecule has 8 heteroatoms. The second-order valence-corrected chi connectivity index (χ2v) is 5.79. The molecule has 0 fully saturated rings. The molecule has 0 bridgehead atoms. The summed E-state index contributed by atoms with van der Waals surface area (Å²) in [5.41, 5.74) is 3.53. The van der Waals surface area contributed by atoms with Crippen LogP contribution in [0.4, 0.5) is 0 Å². The SMILES string of the molecule is CCOC(=O)c1nnc2c(-c3cccc(Cl)c3)c(COC)nn2c1C. The highest BCUT2D eigenvalue weighted by Crippen LogP contribution is 2.30. The number of rotatable bonds is 5. The molecule has 3 aromatic rings. The minimum absolute atomic E-state index is 0.137. The Balaban J connectivity index is 2.24. The van der Waals surface area contributed by atoms with E-state index in [2.05, 4.69) is 15.3 Å². The molecule has 0 aliphatic carbocycles. The molecule has 0 radical (unpaired) electrons. The van der Waals surface area contributed by atoms with E-state index in [-0.39, 0.29) is 12.3 Å². The summed E-state index contributed by atoms with van der Waals surface area (Å²) in [6.45, 7) is 4.04. The average Bonchev–Trinajstić information content (AvgIpc) is 2.95. The fourth-order valence-corrected chi connectivity index (χ4v) is 2.81. The molecule has 2 aromatic heterocycles. The van der Waals surface area contributed by atoms with E-state index >= 15 is 0 Å². The zero-order valence-corrected chi connectivity index (χ0v) is 14.9. The summed E-state index contributed by atoms with van der Waals surface area (Å²) < 4.78 is 11.9. The number of fused-ring (bicyclic) bond motifs is 1. The maximum Gasteiger partial charge on any atom is 0.360 e. The smallest absolute Gasteiger partial charge is 0.360 e. The number of hydrogen-bond acceptors (Lipinski definition) is 6. The molecule has 0 saturated heterocycles. The Kier molecular flexibility index (Phi) is 4.96. The van der Waals surface area contributed by atoms with Crippen molar-refractivity contribution in [3.8, 4) is 11.1 Å². The fraction of sp³-hybridized carbons (Fsp3) is 0.294. The van der Waals surface area contributed by atoms with Crippen LogP contribution >= 0.6 is 11.6 Å². The van der Waals surface area contributed by atoms with Gasteiger partial charge in [0, 0.05) is 12.1 Å². The van der Waals surface area contributed by atoms with Crippen molar-refractivity contribution in [3.05, 3.63) is 46.4 Å². The number of carbonyl (C=O) groups excluding carboxylic acids is 1. The molecule has 0 amide bonds. The first kappa shape index (κ1) is 17.3. The lowest BCUT2D eigenvalue weighted by Gasteiger charge is -2.06. The number of nitrogens with zero attached hydrogens (tertiary/aromatic N) is 4. The largest absolute Gasteiger partial charge is 0.461 e. The van der Waals surface area contributed by atoms with E-state index < -0.39 is 5.97 Å². The highest BCUT2D eigenvalue weighted by molar-refractivity contribution is 6.30. The summed E-state index contributed by atoms with van der Waals surface area (Å²) in [5.74, 6) is -0.525. The molecule has 25 heavy (non-hydrogen) atoms. The molecule has 0 aliphatic heterocycles. The Bertz CT molecular complexity index is 939. The number of halogens is 1. The van der Waals surface area contributed by atoms with Crippen LogP contribution in [0.1, 0.15) is 28.8 Å². The molecule has 0 saturated carbocycles. The van der Waals surface area contributed by atoms with Crippen LogP contribution in [-0.2, 0) is 16.1 Å². The number of carbonyl (C=O) groups is 1. The first-order chi connectivity index (χ1) is 12.1. The number of aryl methyl sites for hydroxylation is 1. The van der Waals surface area contributed by atoms with Crippen LogP contribution in [0.5, 0.6) is 0 Å². The van der Waals surface area contributed by atoms with Crippen molar-refractivity contribution in [1.29, 1.82) is 0 Å². The van der Waals surface area contributed by atoms with Gasteiger partial charge in [0.15, 0.2) is 11.3 Å². The Morgan fingerprint density at radius 2 is 2.12 bits per heavy atom. The minimum Gasteiger partial charge on any atom is -0.461 e. The van der Waals surface area contributed by atoms with E-state index in [4.69, 9.17) is 21.1 Å². The van der Waals surface area contributed by atoms with Crippen LogP contribution < -0.4 is 0 Å². The molecule has 0 spiro atoms. The van der Waals surface area contributed by atoms with Gasteiger partial charge in [-0.15, -0.1) is 10.2 Å². The van der Waals surface area contributed by atoms with Gasteiger partial charge in [0.2, 0.25) is 0 Å². The van der Waals surface area contributed by atoms with Crippen molar-refractivity contribution in [2.75, 3.05) is 13.7 Å². The molecule has 130 valence electrons. The normalized spacial score (nSPS) is 11.0. The zero-order chi connectivity index (χ0) is 18.0. The van der Waals surface area contributed by atoms with Gasteiger partial charge in [-0.1, -0.05) is 23.7 Å². The number of ether oxygens (including phenoxy) is 2. The summed E-state index contributed by atoms with van der Waals surface area (Å²) in [6.07, 6.45) is 0. The number of benzene rings is 1. The van der Waals surface area contributed by atoms with E-state index in [1.54, 1.807) is 31.5 Å². The van der Waals surface area contributed by atoms with Gasteiger partial charge in [0.25, 0.3) is 0 Å². The molecule has 0 atom stereocenters. The van der Waals surface area contributed by atoms with Crippen LogP contribution in [0.3, 0.4) is 0 Å². The predicted molar refractivity (Wildman–Crippen MR) is 92.6 cm³/mol. The van der Waals surface area contributed by atoms with Crippen LogP contribution in [0.15, 0.2) is 24.3 Å². The van der Waals surface area contributed by atoms with Crippen molar-refractivity contribution in [1.82, 2.24) is 19.8 Å². The van der Waals surface area contributed by atoms with E-state index in [1.165, 1.54) is 0 Å². The number of aromatic nitrogens is 4. The first-order valence-electron chi connectivity index (χ1n) is 7.73. The van der Waals surface area contributed by atoms with Crippen molar-refractivity contribution in [3.63, 3.8) is 0 Å². The van der Waals surface area contributed by atoms with Gasteiger partial charge in [-0.2, -0.15) is 5.10 Å².